The second kappa shape index (κ2) is 7.50. The highest BCUT2D eigenvalue weighted by atomic mass is 19.3. The van der Waals surface area contributed by atoms with Crippen LogP contribution in [0.25, 0.3) is 0 Å². The Labute approximate surface area is 143 Å². The van der Waals surface area contributed by atoms with Gasteiger partial charge in [0.2, 0.25) is 5.69 Å². The maximum absolute atomic E-state index is 12.3. The number of nitro benzene ring substituents is 1. The number of hydrogen-bond donors (Lipinski definition) is 1. The van der Waals surface area contributed by atoms with Crippen LogP contribution in [0.3, 0.4) is 0 Å². The van der Waals surface area contributed by atoms with Crippen molar-refractivity contribution in [3.05, 3.63) is 50.3 Å². The van der Waals surface area contributed by atoms with Crippen molar-refractivity contribution in [2.75, 3.05) is 11.9 Å². The number of rotatable bonds is 7. The van der Waals surface area contributed by atoms with Crippen molar-refractivity contribution in [3.63, 3.8) is 0 Å². The van der Waals surface area contributed by atoms with Gasteiger partial charge in [0.25, 0.3) is 18.0 Å². The number of ether oxygens (including phenoxy) is 1. The Bertz CT molecular complexity index is 869. The molecular weight excluding hydrogens is 360 g/mol. The van der Waals surface area contributed by atoms with Gasteiger partial charge in [-0.05, 0) is 0 Å². The van der Waals surface area contributed by atoms with Gasteiger partial charge in [0.1, 0.15) is 18.6 Å². The third-order valence-electron chi connectivity index (χ3n) is 3.07. The minimum Gasteiger partial charge on any atom is -0.487 e. The van der Waals surface area contributed by atoms with E-state index in [1.807, 2.05) is 0 Å². The van der Waals surface area contributed by atoms with Gasteiger partial charge in [-0.3, -0.25) is 29.7 Å². The minimum absolute atomic E-state index is 0.163. The van der Waals surface area contributed by atoms with E-state index in [-0.39, 0.29) is 11.4 Å². The number of carbonyl (C=O) groups is 1. The molecule has 0 aliphatic heterocycles. The van der Waals surface area contributed by atoms with E-state index in [0.717, 1.165) is 29.1 Å². The van der Waals surface area contributed by atoms with Gasteiger partial charge in [-0.2, -0.15) is 5.10 Å². The number of halogens is 2. The van der Waals surface area contributed by atoms with Crippen LogP contribution in [0.5, 0.6) is 5.75 Å². The first kappa shape index (κ1) is 18.7. The summed E-state index contributed by atoms with van der Waals surface area (Å²) in [5.74, 6) is -1.23. The zero-order valence-electron chi connectivity index (χ0n) is 13.1. The molecule has 0 aliphatic rings. The summed E-state index contributed by atoms with van der Waals surface area (Å²) in [6, 6.07) is 2.94. The van der Waals surface area contributed by atoms with E-state index in [9.17, 15) is 33.8 Å². The van der Waals surface area contributed by atoms with Crippen LogP contribution in [0, 0.1) is 20.2 Å². The first-order valence-electron chi connectivity index (χ1n) is 6.87. The number of nitrogens with one attached hydrogen (secondary N) is 1. The Hall–Kier alpha value is -3.64. The molecular formula is C13H11F2N5O6. The first-order chi connectivity index (χ1) is 12.2. The minimum atomic E-state index is -2.80. The Balaban J connectivity index is 2.33. The average molecular weight is 371 g/mol. The molecule has 1 amide bonds. The molecule has 0 fully saturated rings. The third kappa shape index (κ3) is 4.25. The van der Waals surface area contributed by atoms with Crippen LogP contribution in [-0.4, -0.2) is 38.6 Å². The molecule has 2 aromatic rings. The maximum atomic E-state index is 12.3. The summed E-state index contributed by atoms with van der Waals surface area (Å²) >= 11 is 0. The quantitative estimate of drug-likeness (QED) is 0.580. The number of aryl methyl sites for hydroxylation is 1. The lowest BCUT2D eigenvalue weighted by molar-refractivity contribution is -0.385. The summed E-state index contributed by atoms with van der Waals surface area (Å²) in [6.45, 7) is -0.998. The van der Waals surface area contributed by atoms with E-state index in [1.165, 1.54) is 7.05 Å². The molecule has 1 heterocycles. The third-order valence-corrected chi connectivity index (χ3v) is 3.07. The van der Waals surface area contributed by atoms with Gasteiger partial charge in [0.15, 0.2) is 0 Å². The zero-order chi connectivity index (χ0) is 19.4. The van der Waals surface area contributed by atoms with Crippen molar-refractivity contribution in [1.82, 2.24) is 9.78 Å². The predicted molar refractivity (Wildman–Crippen MR) is 82.4 cm³/mol. The van der Waals surface area contributed by atoms with Crippen LogP contribution in [0.4, 0.5) is 25.8 Å². The van der Waals surface area contributed by atoms with E-state index in [0.29, 0.717) is 0 Å². The van der Waals surface area contributed by atoms with Gasteiger partial charge in [0.05, 0.1) is 21.6 Å². The second-order valence-corrected chi connectivity index (χ2v) is 4.89. The molecule has 0 saturated heterocycles. The lowest BCUT2D eigenvalue weighted by Crippen LogP contribution is -2.18. The molecule has 1 aromatic carbocycles. The van der Waals surface area contributed by atoms with E-state index in [4.69, 9.17) is 4.74 Å². The van der Waals surface area contributed by atoms with Crippen molar-refractivity contribution in [1.29, 1.82) is 0 Å². The standard InChI is InChI=1S/C13H11F2N5O6/c1-18-12(10(5-16-18)20(24)25)13(21)17-7-2-8(19(22)23)4-9(3-7)26-6-11(14)15/h2-5,11H,6H2,1H3,(H,17,21). The van der Waals surface area contributed by atoms with Crippen molar-refractivity contribution in [2.45, 2.75) is 6.43 Å². The van der Waals surface area contributed by atoms with Gasteiger partial charge in [-0.15, -0.1) is 0 Å². The molecule has 0 atom stereocenters. The van der Waals surface area contributed by atoms with E-state index in [2.05, 4.69) is 10.4 Å². The number of nitrogens with zero attached hydrogens (tertiary/aromatic N) is 4. The lowest BCUT2D eigenvalue weighted by Gasteiger charge is -2.09. The molecule has 0 aliphatic carbocycles. The summed E-state index contributed by atoms with van der Waals surface area (Å²) < 4.78 is 30.2. The number of benzene rings is 1. The van der Waals surface area contributed by atoms with Crippen LogP contribution in [0.1, 0.15) is 10.5 Å². The van der Waals surface area contributed by atoms with Gasteiger partial charge in [-0.1, -0.05) is 0 Å². The average Bonchev–Trinajstić information content (AvgIpc) is 2.94. The van der Waals surface area contributed by atoms with E-state index < -0.39 is 45.9 Å². The molecule has 0 bridgehead atoms. The smallest absolute Gasteiger partial charge is 0.320 e. The number of amides is 1. The summed E-state index contributed by atoms with van der Waals surface area (Å²) in [4.78, 5) is 32.5. The molecule has 1 N–H and O–H groups in total. The molecule has 1 aromatic heterocycles. The monoisotopic (exact) mass is 371 g/mol. The number of hydrogen-bond acceptors (Lipinski definition) is 7. The van der Waals surface area contributed by atoms with Gasteiger partial charge >= 0.3 is 5.69 Å². The molecule has 0 spiro atoms. The predicted octanol–water partition coefficient (Wildman–Crippen LogP) is 2.13. The van der Waals surface area contributed by atoms with Crippen LogP contribution < -0.4 is 10.1 Å². The molecule has 11 nitrogen and oxygen atoms in total. The van der Waals surface area contributed by atoms with Crippen LogP contribution in [0.15, 0.2) is 24.4 Å². The van der Waals surface area contributed by atoms with E-state index >= 15 is 0 Å². The van der Waals surface area contributed by atoms with Crippen LogP contribution >= 0.6 is 0 Å². The number of anilines is 1. The number of aromatic nitrogens is 2. The lowest BCUT2D eigenvalue weighted by atomic mass is 10.2. The summed E-state index contributed by atoms with van der Waals surface area (Å²) in [5.41, 5.74) is -1.64. The van der Waals surface area contributed by atoms with Crippen LogP contribution in [-0.2, 0) is 7.05 Å². The van der Waals surface area contributed by atoms with Crippen molar-refractivity contribution >= 4 is 23.0 Å². The molecule has 0 radical (unpaired) electrons. The van der Waals surface area contributed by atoms with Crippen LogP contribution in [0.2, 0.25) is 0 Å². The highest BCUT2D eigenvalue weighted by Gasteiger charge is 2.26. The normalized spacial score (nSPS) is 10.6. The number of non-ortho nitro benzene ring substituents is 1. The molecule has 0 saturated carbocycles. The molecule has 26 heavy (non-hydrogen) atoms. The van der Waals surface area contributed by atoms with Crippen molar-refractivity contribution < 1.29 is 28.2 Å². The Morgan fingerprint density at radius 1 is 1.31 bits per heavy atom. The maximum Gasteiger partial charge on any atom is 0.320 e. The van der Waals surface area contributed by atoms with E-state index in [1.54, 1.807) is 0 Å². The Morgan fingerprint density at radius 2 is 2.00 bits per heavy atom. The SMILES string of the molecule is Cn1ncc([N+](=O)[O-])c1C(=O)Nc1cc(OCC(F)F)cc([N+](=O)[O-])c1. The highest BCUT2D eigenvalue weighted by molar-refractivity contribution is 6.05. The fourth-order valence-corrected chi connectivity index (χ4v) is 2.02. The number of nitro groups is 2. The molecule has 138 valence electrons. The highest BCUT2D eigenvalue weighted by Crippen LogP contribution is 2.27. The number of alkyl halides is 2. The molecule has 13 heteroatoms. The fourth-order valence-electron chi connectivity index (χ4n) is 2.02. The van der Waals surface area contributed by atoms with Crippen molar-refractivity contribution in [2.24, 2.45) is 7.05 Å². The Kier molecular flexibility index (Phi) is 5.39. The first-order valence-corrected chi connectivity index (χ1v) is 6.87. The fraction of sp³-hybridized carbons (Fsp3) is 0.231. The Morgan fingerprint density at radius 3 is 2.58 bits per heavy atom. The van der Waals surface area contributed by atoms with Gasteiger partial charge < -0.3 is 10.1 Å². The van der Waals surface area contributed by atoms with Gasteiger partial charge in [0, 0.05) is 19.2 Å². The van der Waals surface area contributed by atoms with Gasteiger partial charge in [-0.25, -0.2) is 8.78 Å². The summed E-state index contributed by atoms with van der Waals surface area (Å²) in [6.07, 6.45) is -1.93. The second-order valence-electron chi connectivity index (χ2n) is 4.89. The number of carbonyl (C=O) groups excluding carboxylic acids is 1. The summed E-state index contributed by atoms with van der Waals surface area (Å²) in [5, 5.41) is 27.7. The molecule has 2 rings (SSSR count). The molecule has 0 unspecified atom stereocenters. The topological polar surface area (TPSA) is 142 Å². The summed E-state index contributed by atoms with van der Waals surface area (Å²) in [7, 11) is 1.30. The zero-order valence-corrected chi connectivity index (χ0v) is 13.1. The van der Waals surface area contributed by atoms with Crippen molar-refractivity contribution in [3.8, 4) is 5.75 Å². The largest absolute Gasteiger partial charge is 0.487 e.